The standard InChI is InChI=1S/C20H18N4O2/c1-14(25)16-7-9-17(10-8-16)24-19-11-18(22-13-23-19)20(26)21-12-15-5-3-2-4-6-15/h2-11,13H,12H2,1H3,(H,21,26)(H,22,23,24). The summed E-state index contributed by atoms with van der Waals surface area (Å²) in [6, 6.07) is 18.3. The molecule has 0 fully saturated rings. The van der Waals surface area contributed by atoms with Gasteiger partial charge in [-0.25, -0.2) is 9.97 Å². The smallest absolute Gasteiger partial charge is 0.270 e. The van der Waals surface area contributed by atoms with Gasteiger partial charge >= 0.3 is 0 Å². The van der Waals surface area contributed by atoms with E-state index in [4.69, 9.17) is 0 Å². The number of Topliss-reactive ketones (excluding diaryl/α,β-unsaturated/α-hetero) is 1. The summed E-state index contributed by atoms with van der Waals surface area (Å²) in [5.74, 6) is 0.239. The zero-order valence-electron chi connectivity index (χ0n) is 14.3. The molecule has 6 nitrogen and oxygen atoms in total. The quantitative estimate of drug-likeness (QED) is 0.669. The van der Waals surface area contributed by atoms with Crippen LogP contribution in [0.1, 0.15) is 33.3 Å². The van der Waals surface area contributed by atoms with E-state index < -0.39 is 0 Å². The zero-order chi connectivity index (χ0) is 18.4. The Morgan fingerprint density at radius 3 is 2.38 bits per heavy atom. The minimum Gasteiger partial charge on any atom is -0.347 e. The van der Waals surface area contributed by atoms with Crippen molar-refractivity contribution in [1.82, 2.24) is 15.3 Å². The third-order valence-electron chi connectivity index (χ3n) is 3.76. The first kappa shape index (κ1) is 17.3. The Balaban J connectivity index is 1.65. The lowest BCUT2D eigenvalue weighted by Crippen LogP contribution is -2.24. The Hall–Kier alpha value is -3.54. The van der Waals surface area contributed by atoms with Crippen molar-refractivity contribution in [2.45, 2.75) is 13.5 Å². The number of benzene rings is 2. The fraction of sp³-hybridized carbons (Fsp3) is 0.100. The summed E-state index contributed by atoms with van der Waals surface area (Å²) in [5, 5.41) is 5.93. The Kier molecular flexibility index (Phi) is 5.34. The highest BCUT2D eigenvalue weighted by Gasteiger charge is 2.09. The van der Waals surface area contributed by atoms with Crippen molar-refractivity contribution in [3.63, 3.8) is 0 Å². The van der Waals surface area contributed by atoms with Gasteiger partial charge in [-0.3, -0.25) is 9.59 Å². The Morgan fingerprint density at radius 2 is 1.69 bits per heavy atom. The van der Waals surface area contributed by atoms with Gasteiger partial charge in [0.2, 0.25) is 0 Å². The van der Waals surface area contributed by atoms with Gasteiger partial charge in [0.05, 0.1) is 0 Å². The lowest BCUT2D eigenvalue weighted by molar-refractivity contribution is 0.0945. The van der Waals surface area contributed by atoms with Crippen LogP contribution in [0.5, 0.6) is 0 Å². The topological polar surface area (TPSA) is 84.0 Å². The van der Waals surface area contributed by atoms with Crippen LogP contribution in [0.15, 0.2) is 67.0 Å². The van der Waals surface area contributed by atoms with Crippen molar-refractivity contribution in [3.05, 3.63) is 83.8 Å². The van der Waals surface area contributed by atoms with Gasteiger partial charge in [0.15, 0.2) is 5.78 Å². The highest BCUT2D eigenvalue weighted by molar-refractivity contribution is 5.94. The molecule has 0 aliphatic carbocycles. The lowest BCUT2D eigenvalue weighted by Gasteiger charge is -2.08. The predicted molar refractivity (Wildman–Crippen MR) is 99.4 cm³/mol. The van der Waals surface area contributed by atoms with Crippen LogP contribution in [0.25, 0.3) is 0 Å². The molecule has 2 aromatic carbocycles. The van der Waals surface area contributed by atoms with Crippen molar-refractivity contribution in [2.75, 3.05) is 5.32 Å². The molecule has 0 atom stereocenters. The molecule has 130 valence electrons. The summed E-state index contributed by atoms with van der Waals surface area (Å²) in [4.78, 5) is 31.7. The number of ketones is 1. The molecular formula is C20H18N4O2. The maximum Gasteiger partial charge on any atom is 0.270 e. The zero-order valence-corrected chi connectivity index (χ0v) is 14.3. The van der Waals surface area contributed by atoms with E-state index in [0.717, 1.165) is 11.3 Å². The molecule has 3 aromatic rings. The molecule has 1 amide bonds. The Labute approximate surface area is 151 Å². The molecule has 0 saturated carbocycles. The van der Waals surface area contributed by atoms with Crippen molar-refractivity contribution in [2.24, 2.45) is 0 Å². The maximum absolute atomic E-state index is 12.3. The fourth-order valence-corrected chi connectivity index (χ4v) is 2.35. The monoisotopic (exact) mass is 346 g/mol. The summed E-state index contributed by atoms with van der Waals surface area (Å²) in [6.45, 7) is 1.95. The molecule has 26 heavy (non-hydrogen) atoms. The molecule has 3 rings (SSSR count). The Bertz CT molecular complexity index is 909. The van der Waals surface area contributed by atoms with Crippen molar-refractivity contribution < 1.29 is 9.59 Å². The first-order chi connectivity index (χ1) is 12.6. The molecule has 0 unspecified atom stereocenters. The van der Waals surface area contributed by atoms with Gasteiger partial charge in [-0.15, -0.1) is 0 Å². The molecule has 0 bridgehead atoms. The van der Waals surface area contributed by atoms with Gasteiger partial charge in [0, 0.05) is 23.9 Å². The molecule has 6 heteroatoms. The number of hydrogen-bond acceptors (Lipinski definition) is 5. The van der Waals surface area contributed by atoms with E-state index in [-0.39, 0.29) is 17.4 Å². The highest BCUT2D eigenvalue weighted by atomic mass is 16.1. The normalized spacial score (nSPS) is 10.2. The highest BCUT2D eigenvalue weighted by Crippen LogP contribution is 2.16. The van der Waals surface area contributed by atoms with E-state index in [1.54, 1.807) is 30.3 Å². The molecular weight excluding hydrogens is 328 g/mol. The van der Waals surface area contributed by atoms with Gasteiger partial charge in [-0.05, 0) is 36.8 Å². The fourth-order valence-electron chi connectivity index (χ4n) is 2.35. The van der Waals surface area contributed by atoms with Crippen molar-refractivity contribution in [3.8, 4) is 0 Å². The molecule has 0 radical (unpaired) electrons. The number of nitrogens with one attached hydrogen (secondary N) is 2. The van der Waals surface area contributed by atoms with E-state index in [1.165, 1.54) is 13.3 Å². The summed E-state index contributed by atoms with van der Waals surface area (Å²) < 4.78 is 0. The number of aromatic nitrogens is 2. The SMILES string of the molecule is CC(=O)c1ccc(Nc2cc(C(=O)NCc3ccccc3)ncn2)cc1. The molecule has 1 aromatic heterocycles. The van der Waals surface area contributed by atoms with Gasteiger partial charge in [0.25, 0.3) is 5.91 Å². The van der Waals surface area contributed by atoms with Gasteiger partial charge in [0.1, 0.15) is 17.8 Å². The third kappa shape index (κ3) is 4.51. The van der Waals surface area contributed by atoms with Crippen LogP contribution >= 0.6 is 0 Å². The van der Waals surface area contributed by atoms with Crippen LogP contribution in [0, 0.1) is 0 Å². The van der Waals surface area contributed by atoms with E-state index in [2.05, 4.69) is 20.6 Å². The van der Waals surface area contributed by atoms with E-state index in [0.29, 0.717) is 17.9 Å². The van der Waals surface area contributed by atoms with E-state index in [1.807, 2.05) is 30.3 Å². The van der Waals surface area contributed by atoms with Crippen LogP contribution in [0.4, 0.5) is 11.5 Å². The van der Waals surface area contributed by atoms with Crippen LogP contribution in [0.2, 0.25) is 0 Å². The second kappa shape index (κ2) is 8.02. The average Bonchev–Trinajstić information content (AvgIpc) is 2.67. The van der Waals surface area contributed by atoms with Crippen LogP contribution in [-0.2, 0) is 6.54 Å². The number of rotatable bonds is 6. The number of amides is 1. The number of hydrogen-bond donors (Lipinski definition) is 2. The number of nitrogens with zero attached hydrogens (tertiary/aromatic N) is 2. The van der Waals surface area contributed by atoms with Gasteiger partial charge < -0.3 is 10.6 Å². The third-order valence-corrected chi connectivity index (χ3v) is 3.76. The van der Waals surface area contributed by atoms with E-state index >= 15 is 0 Å². The average molecular weight is 346 g/mol. The first-order valence-corrected chi connectivity index (χ1v) is 8.14. The molecule has 2 N–H and O–H groups in total. The Morgan fingerprint density at radius 1 is 0.962 bits per heavy atom. The second-order valence-electron chi connectivity index (χ2n) is 5.72. The summed E-state index contributed by atoms with van der Waals surface area (Å²) in [7, 11) is 0. The first-order valence-electron chi connectivity index (χ1n) is 8.14. The summed E-state index contributed by atoms with van der Waals surface area (Å²) in [5.41, 5.74) is 2.70. The van der Waals surface area contributed by atoms with Gasteiger partial charge in [-0.1, -0.05) is 30.3 Å². The molecule has 0 spiro atoms. The second-order valence-corrected chi connectivity index (χ2v) is 5.72. The molecule has 1 heterocycles. The van der Waals surface area contributed by atoms with Crippen LogP contribution < -0.4 is 10.6 Å². The van der Waals surface area contributed by atoms with Crippen molar-refractivity contribution in [1.29, 1.82) is 0 Å². The molecule has 0 saturated heterocycles. The largest absolute Gasteiger partial charge is 0.347 e. The molecule has 0 aliphatic heterocycles. The van der Waals surface area contributed by atoms with E-state index in [9.17, 15) is 9.59 Å². The minimum atomic E-state index is -0.272. The predicted octanol–water partition coefficient (Wildman–Crippen LogP) is 3.35. The molecule has 0 aliphatic rings. The summed E-state index contributed by atoms with van der Waals surface area (Å²) >= 11 is 0. The van der Waals surface area contributed by atoms with Gasteiger partial charge in [-0.2, -0.15) is 0 Å². The minimum absolute atomic E-state index is 0.0101. The maximum atomic E-state index is 12.3. The van der Waals surface area contributed by atoms with Crippen LogP contribution in [0.3, 0.4) is 0 Å². The van der Waals surface area contributed by atoms with Crippen molar-refractivity contribution >= 4 is 23.2 Å². The number of carbonyl (C=O) groups excluding carboxylic acids is 2. The number of anilines is 2. The summed E-state index contributed by atoms with van der Waals surface area (Å²) in [6.07, 6.45) is 1.34. The number of carbonyl (C=O) groups is 2. The lowest BCUT2D eigenvalue weighted by atomic mass is 10.1. The van der Waals surface area contributed by atoms with Crippen LogP contribution in [-0.4, -0.2) is 21.7 Å².